The molecule has 1 aliphatic heterocycles. The molecule has 35 heavy (non-hydrogen) atoms. The van der Waals surface area contributed by atoms with Crippen LogP contribution in [0, 0.1) is 34.9 Å². The highest BCUT2D eigenvalue weighted by molar-refractivity contribution is 6.04. The third-order valence-electron chi connectivity index (χ3n) is 9.39. The highest BCUT2D eigenvalue weighted by atomic mass is 19.1. The number of ketones is 1. The van der Waals surface area contributed by atoms with Crippen LogP contribution in [-0.2, 0) is 14.3 Å². The molecule has 2 atom stereocenters. The zero-order valence-electron chi connectivity index (χ0n) is 20.6. The van der Waals surface area contributed by atoms with Gasteiger partial charge in [-0.15, -0.1) is 0 Å². The first kappa shape index (κ1) is 23.0. The van der Waals surface area contributed by atoms with Crippen molar-refractivity contribution in [2.24, 2.45) is 29.1 Å². The molecule has 7 rings (SSSR count). The molecule has 5 aliphatic carbocycles. The second-order valence-electron chi connectivity index (χ2n) is 12.0. The molecule has 188 valence electrons. The van der Waals surface area contributed by atoms with Gasteiger partial charge in [-0.3, -0.25) is 9.59 Å². The molecule has 0 aromatic heterocycles. The van der Waals surface area contributed by atoms with Gasteiger partial charge in [0.1, 0.15) is 17.6 Å². The Kier molecular flexibility index (Phi) is 5.46. The van der Waals surface area contributed by atoms with Gasteiger partial charge < -0.3 is 14.4 Å². The lowest BCUT2D eigenvalue weighted by molar-refractivity contribution is -0.146. The Morgan fingerprint density at radius 1 is 1.09 bits per heavy atom. The van der Waals surface area contributed by atoms with Gasteiger partial charge in [-0.05, 0) is 86.7 Å². The summed E-state index contributed by atoms with van der Waals surface area (Å²) < 4.78 is 26.6. The molecule has 0 N–H and O–H groups in total. The molecule has 4 bridgehead atoms. The molecule has 6 nitrogen and oxygen atoms in total. The Morgan fingerprint density at radius 3 is 2.29 bits per heavy atom. The summed E-state index contributed by atoms with van der Waals surface area (Å²) in [6.45, 7) is 2.00. The average molecular weight is 484 g/mol. The summed E-state index contributed by atoms with van der Waals surface area (Å²) in [4.78, 5) is 39.1. The second-order valence-corrected chi connectivity index (χ2v) is 12.0. The molecule has 1 aromatic rings. The number of nitrogens with zero attached hydrogens (tertiary/aromatic N) is 1. The molecular formula is C28H34FNO5. The summed E-state index contributed by atoms with van der Waals surface area (Å²) in [6, 6.07) is 1.93. The fourth-order valence-corrected chi connectivity index (χ4v) is 7.93. The fourth-order valence-electron chi connectivity index (χ4n) is 7.93. The van der Waals surface area contributed by atoms with E-state index in [-0.39, 0.29) is 29.2 Å². The van der Waals surface area contributed by atoms with Crippen molar-refractivity contribution in [1.82, 2.24) is 4.90 Å². The third kappa shape index (κ3) is 3.95. The maximum atomic E-state index is 15.4. The number of esters is 1. The van der Waals surface area contributed by atoms with Crippen LogP contribution in [0.4, 0.5) is 4.39 Å². The molecule has 1 amide bonds. The second kappa shape index (κ2) is 8.31. The number of benzene rings is 1. The van der Waals surface area contributed by atoms with Crippen molar-refractivity contribution in [3.8, 4) is 5.75 Å². The van der Waals surface area contributed by atoms with Gasteiger partial charge in [-0.2, -0.15) is 0 Å². The van der Waals surface area contributed by atoms with Crippen molar-refractivity contribution in [2.75, 3.05) is 20.3 Å². The summed E-state index contributed by atoms with van der Waals surface area (Å²) in [5.74, 6) is 0.369. The lowest BCUT2D eigenvalue weighted by Crippen LogP contribution is -2.48. The van der Waals surface area contributed by atoms with Crippen molar-refractivity contribution in [1.29, 1.82) is 0 Å². The van der Waals surface area contributed by atoms with Crippen LogP contribution >= 0.6 is 0 Å². The van der Waals surface area contributed by atoms with Gasteiger partial charge in [0.25, 0.3) is 5.91 Å². The van der Waals surface area contributed by atoms with E-state index in [1.165, 1.54) is 51.7 Å². The van der Waals surface area contributed by atoms with Gasteiger partial charge in [0.05, 0.1) is 25.8 Å². The van der Waals surface area contributed by atoms with Crippen LogP contribution < -0.4 is 4.74 Å². The van der Waals surface area contributed by atoms with Crippen molar-refractivity contribution in [2.45, 2.75) is 70.3 Å². The first-order chi connectivity index (χ1) is 16.8. The first-order valence-electron chi connectivity index (χ1n) is 13.1. The monoisotopic (exact) mass is 483 g/mol. The number of hydrogen-bond donors (Lipinski definition) is 0. The number of likely N-dealkylation sites (tertiary alicyclic amines) is 1. The lowest BCUT2D eigenvalue weighted by atomic mass is 9.50. The molecule has 0 spiro atoms. The number of ether oxygens (including phenoxy) is 2. The number of amides is 1. The summed E-state index contributed by atoms with van der Waals surface area (Å²) in [5, 5.41) is 0. The molecule has 1 unspecified atom stereocenters. The molecule has 7 heteroatoms. The Labute approximate surface area is 205 Å². The zero-order valence-corrected chi connectivity index (χ0v) is 20.6. The zero-order chi connectivity index (χ0) is 24.5. The van der Waals surface area contributed by atoms with E-state index in [9.17, 15) is 14.4 Å². The minimum absolute atomic E-state index is 0.107. The normalized spacial score (nSPS) is 35.5. The molecular weight excluding hydrogens is 449 g/mol. The number of carbonyl (C=O) groups is 3. The molecule has 6 fully saturated rings. The van der Waals surface area contributed by atoms with Crippen LogP contribution in [0.2, 0.25) is 0 Å². The van der Waals surface area contributed by atoms with E-state index in [0.717, 1.165) is 41.1 Å². The Balaban J connectivity index is 1.25. The van der Waals surface area contributed by atoms with E-state index in [1.54, 1.807) is 13.0 Å². The highest BCUT2D eigenvalue weighted by Gasteiger charge is 2.51. The third-order valence-corrected chi connectivity index (χ3v) is 9.39. The van der Waals surface area contributed by atoms with Gasteiger partial charge >= 0.3 is 5.97 Å². The summed E-state index contributed by atoms with van der Waals surface area (Å²) in [5.41, 5.74) is 0.970. The van der Waals surface area contributed by atoms with Crippen LogP contribution in [0.25, 0.3) is 0 Å². The van der Waals surface area contributed by atoms with Crippen LogP contribution in [0.5, 0.6) is 5.75 Å². The molecule has 0 radical (unpaired) electrons. The Bertz CT molecular complexity index is 1040. The maximum absolute atomic E-state index is 15.4. The topological polar surface area (TPSA) is 72.9 Å². The van der Waals surface area contributed by atoms with Crippen molar-refractivity contribution in [3.63, 3.8) is 0 Å². The smallest absolute Gasteiger partial charge is 0.329 e. The number of rotatable bonds is 6. The van der Waals surface area contributed by atoms with Crippen molar-refractivity contribution >= 4 is 17.7 Å². The quantitative estimate of drug-likeness (QED) is 0.557. The van der Waals surface area contributed by atoms with E-state index >= 15 is 4.39 Å². The number of Topliss-reactive ketones (excluding diaryl/α,β-unsaturated/α-hetero) is 1. The number of halogens is 1. The van der Waals surface area contributed by atoms with Crippen LogP contribution in [0.15, 0.2) is 12.1 Å². The van der Waals surface area contributed by atoms with Crippen molar-refractivity contribution in [3.05, 3.63) is 29.1 Å². The van der Waals surface area contributed by atoms with Crippen LogP contribution in [0.3, 0.4) is 0 Å². The average Bonchev–Trinajstić information content (AvgIpc) is 3.61. The van der Waals surface area contributed by atoms with E-state index in [2.05, 4.69) is 0 Å². The van der Waals surface area contributed by atoms with Gasteiger partial charge in [-0.1, -0.05) is 6.92 Å². The van der Waals surface area contributed by atoms with E-state index in [0.29, 0.717) is 12.4 Å². The summed E-state index contributed by atoms with van der Waals surface area (Å²) in [6.07, 6.45) is 9.70. The Hall–Kier alpha value is -2.44. The number of hydrogen-bond acceptors (Lipinski definition) is 5. The number of methoxy groups -OCH3 is 1. The predicted molar refractivity (Wildman–Crippen MR) is 125 cm³/mol. The maximum Gasteiger partial charge on any atom is 0.329 e. The van der Waals surface area contributed by atoms with E-state index in [4.69, 9.17) is 9.47 Å². The SMILES string of the molecule is COC(=O)[C@@H]1C(C)C(=O)CN1C(=O)c1cc(C2CC2)c(OCC23CC4CC(CC(C4)C2)C3)cc1F. The first-order valence-corrected chi connectivity index (χ1v) is 13.1. The number of carbonyl (C=O) groups excluding carboxylic acids is 3. The Morgan fingerprint density at radius 2 is 1.71 bits per heavy atom. The van der Waals surface area contributed by atoms with Crippen LogP contribution in [0.1, 0.15) is 80.1 Å². The highest BCUT2D eigenvalue weighted by Crippen LogP contribution is 2.60. The minimum atomic E-state index is -1.03. The molecule has 1 saturated heterocycles. The van der Waals surface area contributed by atoms with Gasteiger partial charge in [-0.25, -0.2) is 9.18 Å². The molecule has 6 aliphatic rings. The van der Waals surface area contributed by atoms with Crippen LogP contribution in [-0.4, -0.2) is 48.9 Å². The van der Waals surface area contributed by atoms with E-state index < -0.39 is 29.7 Å². The molecule has 5 saturated carbocycles. The largest absolute Gasteiger partial charge is 0.493 e. The summed E-state index contributed by atoms with van der Waals surface area (Å²) in [7, 11) is 1.22. The minimum Gasteiger partial charge on any atom is -0.493 e. The van der Waals surface area contributed by atoms with E-state index in [1.807, 2.05) is 0 Å². The molecule has 1 aromatic carbocycles. The standard InChI is InChI=1S/C28H34FNO5/c1-15-23(31)13-30(25(15)27(33)34-2)26(32)21-8-20(19-3-4-19)24(9-22(21)29)35-14-28-10-16-5-17(11-28)7-18(6-16)12-28/h8-9,15-19,25H,3-7,10-14H2,1-2H3/t15?,16?,17?,18?,25-,28?/m0/s1. The van der Waals surface area contributed by atoms with Crippen molar-refractivity contribution < 1.29 is 28.2 Å². The summed E-state index contributed by atoms with van der Waals surface area (Å²) >= 11 is 0. The predicted octanol–water partition coefficient (Wildman–Crippen LogP) is 4.50. The molecule has 1 heterocycles. The fraction of sp³-hybridized carbons (Fsp3) is 0.679. The van der Waals surface area contributed by atoms with Gasteiger partial charge in [0.2, 0.25) is 0 Å². The lowest BCUT2D eigenvalue weighted by Gasteiger charge is -2.56. The van der Waals surface area contributed by atoms with Gasteiger partial charge in [0, 0.05) is 17.4 Å². The van der Waals surface area contributed by atoms with Gasteiger partial charge in [0.15, 0.2) is 5.78 Å².